The third-order valence-electron chi connectivity index (χ3n) is 4.70. The number of aryl methyl sites for hydroxylation is 3. The number of carbonyl (C=O) groups is 1. The van der Waals surface area contributed by atoms with Crippen molar-refractivity contribution in [1.82, 2.24) is 24.6 Å². The van der Waals surface area contributed by atoms with Gasteiger partial charge in [-0.25, -0.2) is 14.6 Å². The quantitative estimate of drug-likeness (QED) is 0.841. The molecule has 1 fully saturated rings. The molecular weight excluding hydrogens is 330 g/mol. The summed E-state index contributed by atoms with van der Waals surface area (Å²) in [6.45, 7) is 13.0. The van der Waals surface area contributed by atoms with E-state index < -0.39 is 0 Å². The van der Waals surface area contributed by atoms with E-state index in [9.17, 15) is 4.79 Å². The summed E-state index contributed by atoms with van der Waals surface area (Å²) in [6.07, 6.45) is 0.467. The molecule has 7 nitrogen and oxygen atoms in total. The van der Waals surface area contributed by atoms with Crippen LogP contribution in [0.1, 0.15) is 42.2 Å². The van der Waals surface area contributed by atoms with E-state index in [2.05, 4.69) is 15.1 Å². The van der Waals surface area contributed by atoms with Crippen molar-refractivity contribution in [2.24, 2.45) is 0 Å². The predicted octanol–water partition coefficient (Wildman–Crippen LogP) is 2.07. The standard InChI is InChI=1S/C19H27N5O2/c1-11-7-12(2)21-19(20-11)24-16(6)17(15(5)22-24)8-18(25)23-9-13(3)26-14(4)10-23/h7,13-14H,8-10H2,1-6H3. The zero-order chi connectivity index (χ0) is 19.0. The molecule has 1 saturated heterocycles. The van der Waals surface area contributed by atoms with Gasteiger partial charge in [-0.15, -0.1) is 0 Å². The van der Waals surface area contributed by atoms with Crippen molar-refractivity contribution in [3.63, 3.8) is 0 Å². The lowest BCUT2D eigenvalue weighted by molar-refractivity contribution is -0.142. The fourth-order valence-corrected chi connectivity index (χ4v) is 3.57. The van der Waals surface area contributed by atoms with E-state index in [1.165, 1.54) is 0 Å². The summed E-state index contributed by atoms with van der Waals surface area (Å²) in [5.41, 5.74) is 4.50. The summed E-state index contributed by atoms with van der Waals surface area (Å²) in [6, 6.07) is 1.93. The smallest absolute Gasteiger partial charge is 0.251 e. The summed E-state index contributed by atoms with van der Waals surface area (Å²) >= 11 is 0. The van der Waals surface area contributed by atoms with E-state index in [1.54, 1.807) is 4.68 Å². The maximum atomic E-state index is 12.8. The number of hydrogen-bond donors (Lipinski definition) is 0. The fourth-order valence-electron chi connectivity index (χ4n) is 3.57. The van der Waals surface area contributed by atoms with Crippen LogP contribution in [-0.4, -0.2) is 55.9 Å². The molecule has 2 atom stereocenters. The number of rotatable bonds is 3. The zero-order valence-electron chi connectivity index (χ0n) is 16.4. The number of amides is 1. The molecule has 7 heteroatoms. The molecule has 0 aliphatic carbocycles. The van der Waals surface area contributed by atoms with Crippen LogP contribution in [-0.2, 0) is 16.0 Å². The Labute approximate surface area is 154 Å². The van der Waals surface area contributed by atoms with E-state index in [0.717, 1.165) is 28.3 Å². The van der Waals surface area contributed by atoms with Crippen LogP contribution in [0.5, 0.6) is 0 Å². The maximum absolute atomic E-state index is 12.8. The number of nitrogens with zero attached hydrogens (tertiary/aromatic N) is 5. The Kier molecular flexibility index (Phi) is 5.09. The second-order valence-corrected chi connectivity index (χ2v) is 7.24. The van der Waals surface area contributed by atoms with Crippen molar-refractivity contribution in [3.8, 4) is 5.95 Å². The van der Waals surface area contributed by atoms with E-state index in [0.29, 0.717) is 25.5 Å². The lowest BCUT2D eigenvalue weighted by Crippen LogP contribution is -2.48. The molecule has 2 aromatic rings. The minimum Gasteiger partial charge on any atom is -0.372 e. The lowest BCUT2D eigenvalue weighted by atomic mass is 10.1. The van der Waals surface area contributed by atoms with Crippen LogP contribution in [0.2, 0.25) is 0 Å². The Morgan fingerprint density at radius 3 is 2.27 bits per heavy atom. The molecule has 0 saturated carbocycles. The summed E-state index contributed by atoms with van der Waals surface area (Å²) in [4.78, 5) is 23.7. The summed E-state index contributed by atoms with van der Waals surface area (Å²) < 4.78 is 7.46. The number of hydrogen-bond acceptors (Lipinski definition) is 5. The van der Waals surface area contributed by atoms with Crippen LogP contribution >= 0.6 is 0 Å². The summed E-state index contributed by atoms with van der Waals surface area (Å²) in [5, 5.41) is 4.59. The average molecular weight is 357 g/mol. The Hall–Kier alpha value is -2.28. The van der Waals surface area contributed by atoms with Gasteiger partial charge in [-0.05, 0) is 47.6 Å². The van der Waals surface area contributed by atoms with E-state index >= 15 is 0 Å². The number of aromatic nitrogens is 4. The van der Waals surface area contributed by atoms with Crippen molar-refractivity contribution in [3.05, 3.63) is 34.4 Å². The highest BCUT2D eigenvalue weighted by molar-refractivity contribution is 5.79. The highest BCUT2D eigenvalue weighted by Gasteiger charge is 2.27. The molecule has 3 rings (SSSR count). The SMILES string of the molecule is Cc1cc(C)nc(-n2nc(C)c(CC(=O)N3CC(C)OC(C)C3)c2C)n1. The van der Waals surface area contributed by atoms with Crippen molar-refractivity contribution in [2.75, 3.05) is 13.1 Å². The second kappa shape index (κ2) is 7.15. The monoisotopic (exact) mass is 357 g/mol. The molecule has 140 valence electrons. The predicted molar refractivity (Wildman–Crippen MR) is 98.4 cm³/mol. The van der Waals surface area contributed by atoms with Crippen LogP contribution in [0, 0.1) is 27.7 Å². The van der Waals surface area contributed by atoms with Crippen LogP contribution in [0.25, 0.3) is 5.95 Å². The van der Waals surface area contributed by atoms with Gasteiger partial charge in [0.2, 0.25) is 5.91 Å². The Morgan fingerprint density at radius 2 is 1.69 bits per heavy atom. The lowest BCUT2D eigenvalue weighted by Gasteiger charge is -2.35. The van der Waals surface area contributed by atoms with Gasteiger partial charge in [0.1, 0.15) is 0 Å². The fraction of sp³-hybridized carbons (Fsp3) is 0.579. The molecule has 0 radical (unpaired) electrons. The second-order valence-electron chi connectivity index (χ2n) is 7.24. The number of ether oxygens (including phenoxy) is 1. The summed E-state index contributed by atoms with van der Waals surface area (Å²) in [7, 11) is 0. The number of morpholine rings is 1. The van der Waals surface area contributed by atoms with Gasteiger partial charge in [-0.3, -0.25) is 4.79 Å². The van der Waals surface area contributed by atoms with Crippen LogP contribution in [0.3, 0.4) is 0 Å². The van der Waals surface area contributed by atoms with Crippen LogP contribution in [0.4, 0.5) is 0 Å². The molecule has 1 aliphatic rings. The molecule has 0 bridgehead atoms. The molecule has 0 N–H and O–H groups in total. The minimum atomic E-state index is 0.0660. The molecular formula is C19H27N5O2. The van der Waals surface area contributed by atoms with Gasteiger partial charge in [0.25, 0.3) is 5.95 Å². The van der Waals surface area contributed by atoms with Crippen LogP contribution in [0.15, 0.2) is 6.07 Å². The first-order valence-electron chi connectivity index (χ1n) is 9.05. The number of carbonyl (C=O) groups excluding carboxylic acids is 1. The van der Waals surface area contributed by atoms with Gasteiger partial charge in [0.15, 0.2) is 0 Å². The van der Waals surface area contributed by atoms with Gasteiger partial charge in [-0.2, -0.15) is 5.10 Å². The topological polar surface area (TPSA) is 73.1 Å². The minimum absolute atomic E-state index is 0.0660. The zero-order valence-corrected chi connectivity index (χ0v) is 16.4. The highest BCUT2D eigenvalue weighted by atomic mass is 16.5. The molecule has 0 spiro atoms. The van der Waals surface area contributed by atoms with Crippen molar-refractivity contribution < 1.29 is 9.53 Å². The van der Waals surface area contributed by atoms with Gasteiger partial charge >= 0.3 is 0 Å². The van der Waals surface area contributed by atoms with E-state index in [4.69, 9.17) is 4.74 Å². The normalized spacial score (nSPS) is 20.5. The molecule has 3 heterocycles. The van der Waals surface area contributed by atoms with Crippen LogP contribution < -0.4 is 0 Å². The summed E-state index contributed by atoms with van der Waals surface area (Å²) in [5.74, 6) is 0.662. The van der Waals surface area contributed by atoms with Crippen molar-refractivity contribution >= 4 is 5.91 Å². The molecule has 2 unspecified atom stereocenters. The first kappa shape index (κ1) is 18.5. The first-order chi connectivity index (χ1) is 12.2. The third-order valence-corrected chi connectivity index (χ3v) is 4.70. The molecule has 0 aromatic carbocycles. The Morgan fingerprint density at radius 1 is 1.12 bits per heavy atom. The Bertz CT molecular complexity index is 799. The average Bonchev–Trinajstić information content (AvgIpc) is 2.81. The maximum Gasteiger partial charge on any atom is 0.251 e. The molecule has 1 aliphatic heterocycles. The highest BCUT2D eigenvalue weighted by Crippen LogP contribution is 2.19. The van der Waals surface area contributed by atoms with Gasteiger partial charge in [0, 0.05) is 35.7 Å². The molecule has 26 heavy (non-hydrogen) atoms. The third kappa shape index (κ3) is 3.77. The molecule has 2 aromatic heterocycles. The van der Waals surface area contributed by atoms with E-state index in [1.807, 2.05) is 52.5 Å². The van der Waals surface area contributed by atoms with Crippen molar-refractivity contribution in [2.45, 2.75) is 60.2 Å². The van der Waals surface area contributed by atoms with Gasteiger partial charge < -0.3 is 9.64 Å². The van der Waals surface area contributed by atoms with Crippen molar-refractivity contribution in [1.29, 1.82) is 0 Å². The largest absolute Gasteiger partial charge is 0.372 e. The van der Waals surface area contributed by atoms with E-state index in [-0.39, 0.29) is 18.1 Å². The Balaban J connectivity index is 1.85. The van der Waals surface area contributed by atoms with Gasteiger partial charge in [-0.1, -0.05) is 0 Å². The first-order valence-corrected chi connectivity index (χ1v) is 9.05. The molecule has 1 amide bonds. The van der Waals surface area contributed by atoms with Gasteiger partial charge in [0.05, 0.1) is 24.3 Å².